The molecule has 1 aromatic carbocycles. The van der Waals surface area contributed by atoms with Crippen LogP contribution in [-0.4, -0.2) is 9.97 Å². The summed E-state index contributed by atoms with van der Waals surface area (Å²) in [6, 6.07) is 9.30. The molecule has 2 rings (SSSR count). The van der Waals surface area contributed by atoms with Gasteiger partial charge in [-0.25, -0.2) is 15.4 Å². The number of halogens is 1. The van der Waals surface area contributed by atoms with E-state index in [9.17, 15) is 0 Å². The SMILES string of the molecule is NNC(Cc1ccccc1Cl)c1ncccn1. The molecule has 17 heavy (non-hydrogen) atoms. The number of nitrogens with two attached hydrogens (primary N) is 1. The van der Waals surface area contributed by atoms with Gasteiger partial charge in [-0.3, -0.25) is 5.84 Å². The first-order valence-electron chi connectivity index (χ1n) is 5.27. The molecule has 1 aromatic heterocycles. The molecule has 5 heteroatoms. The molecule has 0 aliphatic rings. The molecular weight excluding hydrogens is 236 g/mol. The Morgan fingerprint density at radius 3 is 2.53 bits per heavy atom. The number of hydrogen-bond acceptors (Lipinski definition) is 4. The molecule has 1 atom stereocenters. The van der Waals surface area contributed by atoms with Crippen LogP contribution in [0.4, 0.5) is 0 Å². The third-order valence-corrected chi connectivity index (χ3v) is 2.85. The van der Waals surface area contributed by atoms with Crippen LogP contribution in [0.5, 0.6) is 0 Å². The number of nitrogens with one attached hydrogen (secondary N) is 1. The fraction of sp³-hybridized carbons (Fsp3) is 0.167. The van der Waals surface area contributed by atoms with Gasteiger partial charge in [0.15, 0.2) is 0 Å². The fourth-order valence-corrected chi connectivity index (χ4v) is 1.81. The van der Waals surface area contributed by atoms with Crippen LogP contribution < -0.4 is 11.3 Å². The monoisotopic (exact) mass is 248 g/mol. The van der Waals surface area contributed by atoms with Gasteiger partial charge in [-0.05, 0) is 24.1 Å². The second-order valence-corrected chi connectivity index (χ2v) is 4.03. The Morgan fingerprint density at radius 2 is 1.88 bits per heavy atom. The molecule has 1 unspecified atom stereocenters. The molecule has 0 saturated heterocycles. The largest absolute Gasteiger partial charge is 0.271 e. The zero-order valence-electron chi connectivity index (χ0n) is 9.18. The van der Waals surface area contributed by atoms with Gasteiger partial charge in [0.2, 0.25) is 0 Å². The highest BCUT2D eigenvalue weighted by atomic mass is 35.5. The molecule has 1 heterocycles. The van der Waals surface area contributed by atoms with Gasteiger partial charge in [-0.2, -0.15) is 0 Å². The zero-order valence-corrected chi connectivity index (χ0v) is 9.93. The van der Waals surface area contributed by atoms with Crippen molar-refractivity contribution in [2.75, 3.05) is 0 Å². The summed E-state index contributed by atoms with van der Waals surface area (Å²) in [7, 11) is 0. The van der Waals surface area contributed by atoms with Crippen LogP contribution in [0.1, 0.15) is 17.4 Å². The molecule has 0 aliphatic heterocycles. The number of hydrazine groups is 1. The summed E-state index contributed by atoms with van der Waals surface area (Å²) < 4.78 is 0. The van der Waals surface area contributed by atoms with Crippen molar-refractivity contribution in [3.05, 3.63) is 59.1 Å². The van der Waals surface area contributed by atoms with Crippen molar-refractivity contribution in [2.45, 2.75) is 12.5 Å². The minimum absolute atomic E-state index is 0.143. The summed E-state index contributed by atoms with van der Waals surface area (Å²) in [5, 5.41) is 0.726. The van der Waals surface area contributed by atoms with Gasteiger partial charge < -0.3 is 0 Å². The lowest BCUT2D eigenvalue weighted by Gasteiger charge is -2.14. The fourth-order valence-electron chi connectivity index (χ4n) is 1.60. The van der Waals surface area contributed by atoms with E-state index in [0.717, 1.165) is 10.6 Å². The molecule has 0 bridgehead atoms. The smallest absolute Gasteiger partial charge is 0.146 e. The summed E-state index contributed by atoms with van der Waals surface area (Å²) in [5.74, 6) is 6.19. The molecule has 0 fully saturated rings. The maximum atomic E-state index is 6.10. The van der Waals surface area contributed by atoms with Gasteiger partial charge in [0, 0.05) is 17.4 Å². The van der Waals surface area contributed by atoms with Crippen LogP contribution in [0, 0.1) is 0 Å². The lowest BCUT2D eigenvalue weighted by atomic mass is 10.1. The third kappa shape index (κ3) is 3.00. The van der Waals surface area contributed by atoms with Crippen molar-refractivity contribution < 1.29 is 0 Å². The van der Waals surface area contributed by atoms with Gasteiger partial charge in [0.1, 0.15) is 5.82 Å². The van der Waals surface area contributed by atoms with Gasteiger partial charge in [0.05, 0.1) is 6.04 Å². The molecule has 88 valence electrons. The molecule has 3 N–H and O–H groups in total. The highest BCUT2D eigenvalue weighted by Gasteiger charge is 2.14. The average molecular weight is 249 g/mol. The number of rotatable bonds is 4. The number of aromatic nitrogens is 2. The van der Waals surface area contributed by atoms with E-state index in [-0.39, 0.29) is 6.04 Å². The second kappa shape index (κ2) is 5.72. The molecule has 0 spiro atoms. The maximum absolute atomic E-state index is 6.10. The van der Waals surface area contributed by atoms with E-state index in [1.165, 1.54) is 0 Å². The van der Waals surface area contributed by atoms with Crippen LogP contribution in [0.2, 0.25) is 5.02 Å². The highest BCUT2D eigenvalue weighted by molar-refractivity contribution is 6.31. The molecule has 0 aliphatic carbocycles. The van der Waals surface area contributed by atoms with E-state index in [1.807, 2.05) is 24.3 Å². The van der Waals surface area contributed by atoms with Crippen molar-refractivity contribution >= 4 is 11.6 Å². The lowest BCUT2D eigenvalue weighted by Crippen LogP contribution is -2.31. The summed E-state index contributed by atoms with van der Waals surface area (Å²) in [4.78, 5) is 8.36. The van der Waals surface area contributed by atoms with Crippen molar-refractivity contribution in [3.63, 3.8) is 0 Å². The normalized spacial score (nSPS) is 12.4. The van der Waals surface area contributed by atoms with Gasteiger partial charge in [0.25, 0.3) is 0 Å². The first-order chi connectivity index (χ1) is 8.31. The molecule has 0 radical (unpaired) electrons. The summed E-state index contributed by atoms with van der Waals surface area (Å²) >= 11 is 6.10. The molecule has 0 saturated carbocycles. The highest BCUT2D eigenvalue weighted by Crippen LogP contribution is 2.20. The number of benzene rings is 1. The van der Waals surface area contributed by atoms with E-state index < -0.39 is 0 Å². The standard InChI is InChI=1S/C12H13ClN4/c13-10-5-2-1-4-9(10)8-11(17-14)12-15-6-3-7-16-12/h1-7,11,17H,8,14H2. The lowest BCUT2D eigenvalue weighted by molar-refractivity contribution is 0.522. The molecule has 2 aromatic rings. The zero-order chi connectivity index (χ0) is 12.1. The van der Waals surface area contributed by atoms with Crippen LogP contribution in [0.25, 0.3) is 0 Å². The quantitative estimate of drug-likeness (QED) is 0.641. The Balaban J connectivity index is 2.19. The maximum Gasteiger partial charge on any atom is 0.146 e. The minimum atomic E-state index is -0.143. The molecule has 0 amide bonds. The molecule has 4 nitrogen and oxygen atoms in total. The van der Waals surface area contributed by atoms with Crippen molar-refractivity contribution in [1.29, 1.82) is 0 Å². The van der Waals surface area contributed by atoms with E-state index in [1.54, 1.807) is 18.5 Å². The van der Waals surface area contributed by atoms with E-state index in [4.69, 9.17) is 17.4 Å². The van der Waals surface area contributed by atoms with Gasteiger partial charge in [-0.1, -0.05) is 29.8 Å². The van der Waals surface area contributed by atoms with Gasteiger partial charge >= 0.3 is 0 Å². The Kier molecular flexibility index (Phi) is 4.03. The second-order valence-electron chi connectivity index (χ2n) is 3.62. The van der Waals surface area contributed by atoms with E-state index in [0.29, 0.717) is 12.2 Å². The Labute approximate surface area is 105 Å². The minimum Gasteiger partial charge on any atom is -0.271 e. The summed E-state index contributed by atoms with van der Waals surface area (Å²) in [6.45, 7) is 0. The Bertz CT molecular complexity index is 475. The van der Waals surface area contributed by atoms with Crippen LogP contribution in [0.3, 0.4) is 0 Å². The van der Waals surface area contributed by atoms with Crippen LogP contribution >= 0.6 is 11.6 Å². The predicted octanol–water partition coefficient (Wildman–Crippen LogP) is 1.88. The summed E-state index contributed by atoms with van der Waals surface area (Å²) in [6.07, 6.45) is 4.04. The Morgan fingerprint density at radius 1 is 1.18 bits per heavy atom. The van der Waals surface area contributed by atoms with Crippen LogP contribution in [0.15, 0.2) is 42.7 Å². The number of hydrogen-bond donors (Lipinski definition) is 2. The topological polar surface area (TPSA) is 63.8 Å². The van der Waals surface area contributed by atoms with Crippen LogP contribution in [-0.2, 0) is 6.42 Å². The van der Waals surface area contributed by atoms with Crippen molar-refractivity contribution in [3.8, 4) is 0 Å². The number of nitrogens with zero attached hydrogens (tertiary/aromatic N) is 2. The van der Waals surface area contributed by atoms with Gasteiger partial charge in [-0.15, -0.1) is 0 Å². The average Bonchev–Trinajstić information content (AvgIpc) is 2.39. The van der Waals surface area contributed by atoms with E-state index >= 15 is 0 Å². The van der Waals surface area contributed by atoms with Crippen molar-refractivity contribution in [2.24, 2.45) is 5.84 Å². The summed E-state index contributed by atoms with van der Waals surface area (Å²) in [5.41, 5.74) is 3.73. The first-order valence-corrected chi connectivity index (χ1v) is 5.65. The predicted molar refractivity (Wildman–Crippen MR) is 67.3 cm³/mol. The van der Waals surface area contributed by atoms with E-state index in [2.05, 4.69) is 15.4 Å². The Hall–Kier alpha value is -1.49. The molecular formula is C12H13ClN4. The van der Waals surface area contributed by atoms with Crippen molar-refractivity contribution in [1.82, 2.24) is 15.4 Å². The third-order valence-electron chi connectivity index (χ3n) is 2.48. The first kappa shape index (κ1) is 12.0.